The van der Waals surface area contributed by atoms with Crippen LogP contribution >= 0.6 is 22.9 Å². The van der Waals surface area contributed by atoms with Gasteiger partial charge in [0.05, 0.1) is 11.4 Å². The van der Waals surface area contributed by atoms with Gasteiger partial charge in [0, 0.05) is 17.5 Å². The number of aryl methyl sites for hydroxylation is 1. The summed E-state index contributed by atoms with van der Waals surface area (Å²) in [6.45, 7) is 1.83. The van der Waals surface area contributed by atoms with E-state index in [9.17, 15) is 8.42 Å². The van der Waals surface area contributed by atoms with E-state index >= 15 is 0 Å². The highest BCUT2D eigenvalue weighted by molar-refractivity contribution is 7.92. The number of halogens is 1. The van der Waals surface area contributed by atoms with Gasteiger partial charge in [-0.25, -0.2) is 17.7 Å². The molecular formula is C12H13ClN2O2S2. The molecule has 0 saturated carbocycles. The first-order valence-corrected chi connectivity index (χ1v) is 8.39. The first kappa shape index (κ1) is 14.3. The highest BCUT2D eigenvalue weighted by Crippen LogP contribution is 2.25. The monoisotopic (exact) mass is 316 g/mol. The summed E-state index contributed by atoms with van der Waals surface area (Å²) < 4.78 is 25.8. The molecule has 0 amide bonds. The van der Waals surface area contributed by atoms with Crippen LogP contribution in [0.2, 0.25) is 5.02 Å². The molecule has 0 spiro atoms. The third kappa shape index (κ3) is 3.26. The number of hydrogen-bond donors (Lipinski definition) is 0. The van der Waals surface area contributed by atoms with Gasteiger partial charge in [-0.1, -0.05) is 29.8 Å². The maximum absolute atomic E-state index is 12.3. The molecule has 0 N–H and O–H groups in total. The van der Waals surface area contributed by atoms with Crippen LogP contribution in [0.5, 0.6) is 0 Å². The van der Waals surface area contributed by atoms with Crippen molar-refractivity contribution in [2.24, 2.45) is 0 Å². The van der Waals surface area contributed by atoms with Crippen molar-refractivity contribution in [3.63, 3.8) is 0 Å². The number of anilines is 1. The largest absolute Gasteiger partial charge is 0.248 e. The van der Waals surface area contributed by atoms with E-state index in [1.807, 2.05) is 12.3 Å². The second-order valence-corrected chi connectivity index (χ2v) is 7.33. The summed E-state index contributed by atoms with van der Waals surface area (Å²) in [6, 6.07) is 6.93. The van der Waals surface area contributed by atoms with Crippen LogP contribution in [0.25, 0.3) is 0 Å². The van der Waals surface area contributed by atoms with Crippen LogP contribution in [0.15, 0.2) is 29.6 Å². The zero-order valence-corrected chi connectivity index (χ0v) is 12.9. The lowest BCUT2D eigenvalue weighted by molar-refractivity contribution is 0.593. The molecule has 0 unspecified atom stereocenters. The Hall–Kier alpha value is -1.11. The summed E-state index contributed by atoms with van der Waals surface area (Å²) in [7, 11) is -1.97. The predicted octanol–water partition coefficient (Wildman–Crippen LogP) is 3.07. The molecule has 0 aliphatic carbocycles. The van der Waals surface area contributed by atoms with Gasteiger partial charge in [0.1, 0.15) is 0 Å². The van der Waals surface area contributed by atoms with E-state index in [0.717, 1.165) is 5.69 Å². The highest BCUT2D eigenvalue weighted by Gasteiger charge is 2.22. The molecule has 1 aromatic heterocycles. The predicted molar refractivity (Wildman–Crippen MR) is 79.3 cm³/mol. The molecule has 4 nitrogen and oxygen atoms in total. The Bertz CT molecular complexity index is 683. The molecule has 0 aliphatic heterocycles. The molecule has 0 atom stereocenters. The summed E-state index contributed by atoms with van der Waals surface area (Å²) in [4.78, 5) is 4.17. The number of aromatic nitrogens is 1. The number of sulfonamides is 1. The number of hydrogen-bond acceptors (Lipinski definition) is 4. The molecule has 0 bridgehead atoms. The van der Waals surface area contributed by atoms with Gasteiger partial charge in [-0.05, 0) is 18.6 Å². The van der Waals surface area contributed by atoms with Crippen LogP contribution < -0.4 is 4.31 Å². The average molecular weight is 317 g/mol. The average Bonchev–Trinajstić information content (AvgIpc) is 2.77. The third-order valence-corrected chi connectivity index (χ3v) is 5.79. The molecule has 2 aromatic rings. The normalized spacial score (nSPS) is 11.5. The maximum Gasteiger partial charge on any atom is 0.240 e. The molecule has 0 fully saturated rings. The number of nitrogens with zero attached hydrogens (tertiary/aromatic N) is 2. The SMILES string of the molecule is Cc1csc(N(C)S(=O)(=O)Cc2ccccc2Cl)n1. The van der Waals surface area contributed by atoms with Crippen molar-refractivity contribution >= 4 is 38.1 Å². The smallest absolute Gasteiger partial charge is 0.240 e. The zero-order valence-electron chi connectivity index (χ0n) is 10.5. The summed E-state index contributed by atoms with van der Waals surface area (Å²) in [6.07, 6.45) is 0. The highest BCUT2D eigenvalue weighted by atomic mass is 35.5. The van der Waals surface area contributed by atoms with Gasteiger partial charge in [-0.3, -0.25) is 0 Å². The Labute approximate surface area is 121 Å². The quantitative estimate of drug-likeness (QED) is 0.871. The molecule has 1 heterocycles. The molecule has 0 aliphatic rings. The summed E-state index contributed by atoms with van der Waals surface area (Å²) in [5.74, 6) is -0.137. The summed E-state index contributed by atoms with van der Waals surface area (Å²) in [5, 5.41) is 2.73. The van der Waals surface area contributed by atoms with Crippen molar-refractivity contribution in [2.75, 3.05) is 11.4 Å². The minimum absolute atomic E-state index is 0.137. The molecule has 1 aromatic carbocycles. The second kappa shape index (κ2) is 5.48. The van der Waals surface area contributed by atoms with Crippen LogP contribution in [-0.4, -0.2) is 20.4 Å². The first-order valence-electron chi connectivity index (χ1n) is 5.52. The van der Waals surface area contributed by atoms with Gasteiger partial charge in [0.2, 0.25) is 10.0 Å². The van der Waals surface area contributed by atoms with Crippen LogP contribution in [0.3, 0.4) is 0 Å². The molecule has 0 saturated heterocycles. The fourth-order valence-corrected chi connectivity index (χ4v) is 4.06. The third-order valence-electron chi connectivity index (χ3n) is 2.59. The molecular weight excluding hydrogens is 304 g/mol. The van der Waals surface area contributed by atoms with E-state index in [4.69, 9.17) is 11.6 Å². The number of rotatable bonds is 4. The lowest BCUT2D eigenvalue weighted by Crippen LogP contribution is -2.27. The minimum Gasteiger partial charge on any atom is -0.248 e. The molecule has 19 heavy (non-hydrogen) atoms. The lowest BCUT2D eigenvalue weighted by Gasteiger charge is -2.16. The Kier molecular flexibility index (Phi) is 4.13. The second-order valence-electron chi connectivity index (χ2n) is 4.09. The van der Waals surface area contributed by atoms with Crippen molar-refractivity contribution < 1.29 is 8.42 Å². The van der Waals surface area contributed by atoms with Crippen molar-refractivity contribution in [1.82, 2.24) is 4.98 Å². The Morgan fingerprint density at radius 2 is 2.05 bits per heavy atom. The van der Waals surface area contributed by atoms with Crippen LogP contribution in [0.4, 0.5) is 5.13 Å². The molecule has 0 radical (unpaired) electrons. The maximum atomic E-state index is 12.3. The van der Waals surface area contributed by atoms with Crippen molar-refractivity contribution in [3.8, 4) is 0 Å². The van der Waals surface area contributed by atoms with E-state index in [1.54, 1.807) is 24.3 Å². The van der Waals surface area contributed by atoms with Gasteiger partial charge >= 0.3 is 0 Å². The van der Waals surface area contributed by atoms with E-state index < -0.39 is 10.0 Å². The van der Waals surface area contributed by atoms with E-state index in [-0.39, 0.29) is 5.75 Å². The fraction of sp³-hybridized carbons (Fsp3) is 0.250. The van der Waals surface area contributed by atoms with Crippen LogP contribution in [0, 0.1) is 6.92 Å². The zero-order chi connectivity index (χ0) is 14.0. The Balaban J connectivity index is 2.26. The van der Waals surface area contributed by atoms with Crippen molar-refractivity contribution in [1.29, 1.82) is 0 Å². The summed E-state index contributed by atoms with van der Waals surface area (Å²) in [5.41, 5.74) is 1.39. The topological polar surface area (TPSA) is 50.3 Å². The van der Waals surface area contributed by atoms with Gasteiger partial charge in [-0.15, -0.1) is 11.3 Å². The minimum atomic E-state index is -3.48. The van der Waals surface area contributed by atoms with Gasteiger partial charge < -0.3 is 0 Å². The Morgan fingerprint density at radius 3 is 2.63 bits per heavy atom. The fourth-order valence-electron chi connectivity index (χ4n) is 1.51. The van der Waals surface area contributed by atoms with Crippen LogP contribution in [-0.2, 0) is 15.8 Å². The van der Waals surface area contributed by atoms with E-state index in [2.05, 4.69) is 4.98 Å². The number of thiazole rings is 1. The van der Waals surface area contributed by atoms with Gasteiger partial charge in [0.15, 0.2) is 5.13 Å². The van der Waals surface area contributed by atoms with Gasteiger partial charge in [0.25, 0.3) is 0 Å². The molecule has 2 rings (SSSR count). The van der Waals surface area contributed by atoms with Gasteiger partial charge in [-0.2, -0.15) is 0 Å². The Morgan fingerprint density at radius 1 is 1.37 bits per heavy atom. The number of benzene rings is 1. The first-order chi connectivity index (χ1) is 8.90. The molecule has 7 heteroatoms. The summed E-state index contributed by atoms with van der Waals surface area (Å²) >= 11 is 7.29. The van der Waals surface area contributed by atoms with Crippen molar-refractivity contribution in [2.45, 2.75) is 12.7 Å². The van der Waals surface area contributed by atoms with E-state index in [1.165, 1.54) is 22.7 Å². The lowest BCUT2D eigenvalue weighted by atomic mass is 10.2. The standard InChI is InChI=1S/C12H13ClN2O2S2/c1-9-7-18-12(14-9)15(2)19(16,17)8-10-5-3-4-6-11(10)13/h3-7H,8H2,1-2H3. The molecule has 102 valence electrons. The van der Waals surface area contributed by atoms with E-state index in [0.29, 0.717) is 15.7 Å². The van der Waals surface area contributed by atoms with Crippen LogP contribution in [0.1, 0.15) is 11.3 Å². The van der Waals surface area contributed by atoms with Crippen molar-refractivity contribution in [3.05, 3.63) is 45.9 Å².